The van der Waals surface area contributed by atoms with Gasteiger partial charge >= 0.3 is 0 Å². The Hall–Kier alpha value is -2.04. The van der Waals surface area contributed by atoms with Gasteiger partial charge in [-0.25, -0.2) is 0 Å². The van der Waals surface area contributed by atoms with Crippen LogP contribution in [0.2, 0.25) is 10.0 Å². The van der Waals surface area contributed by atoms with E-state index in [-0.39, 0.29) is 18.4 Å². The van der Waals surface area contributed by atoms with E-state index in [0.717, 1.165) is 11.1 Å². The molecule has 2 rings (SSSR count). The van der Waals surface area contributed by atoms with Gasteiger partial charge in [-0.1, -0.05) is 47.5 Å². The highest BCUT2D eigenvalue weighted by molar-refractivity contribution is 6.30. The number of nitrogens with one attached hydrogen (secondary N) is 2. The second-order valence-electron chi connectivity index (χ2n) is 5.31. The Morgan fingerprint density at radius 1 is 0.833 bits per heavy atom. The Balaban J connectivity index is 1.65. The minimum atomic E-state index is -0.235. The number of benzene rings is 2. The predicted octanol–water partition coefficient (Wildman–Crippen LogP) is 3.36. The Morgan fingerprint density at radius 3 is 2.29 bits per heavy atom. The lowest BCUT2D eigenvalue weighted by molar-refractivity contribution is -0.126. The lowest BCUT2D eigenvalue weighted by atomic mass is 10.1. The molecule has 0 spiro atoms. The van der Waals surface area contributed by atoms with Crippen molar-refractivity contribution < 1.29 is 9.59 Å². The third-order valence-corrected chi connectivity index (χ3v) is 3.87. The molecule has 2 N–H and O–H groups in total. The quantitative estimate of drug-likeness (QED) is 0.791. The molecular weight excluding hydrogens is 347 g/mol. The number of aryl methyl sites for hydroxylation is 1. The molecule has 0 saturated heterocycles. The topological polar surface area (TPSA) is 58.2 Å². The van der Waals surface area contributed by atoms with Crippen molar-refractivity contribution in [3.05, 3.63) is 69.7 Å². The average Bonchev–Trinajstić information content (AvgIpc) is 2.57. The van der Waals surface area contributed by atoms with Crippen LogP contribution in [0.5, 0.6) is 0 Å². The number of carbonyl (C=O) groups is 2. The fourth-order valence-electron chi connectivity index (χ4n) is 2.08. The Bertz CT molecular complexity index is 702. The van der Waals surface area contributed by atoms with Gasteiger partial charge in [-0.3, -0.25) is 9.59 Å². The molecule has 0 aliphatic carbocycles. The van der Waals surface area contributed by atoms with E-state index in [9.17, 15) is 9.59 Å². The highest BCUT2D eigenvalue weighted by Crippen LogP contribution is 2.12. The first-order valence-electron chi connectivity index (χ1n) is 7.55. The maximum atomic E-state index is 11.8. The first-order valence-corrected chi connectivity index (χ1v) is 8.31. The summed E-state index contributed by atoms with van der Waals surface area (Å²) in [5.41, 5.74) is 1.94. The van der Waals surface area contributed by atoms with Crippen molar-refractivity contribution in [2.45, 2.75) is 19.4 Å². The van der Waals surface area contributed by atoms with Crippen molar-refractivity contribution >= 4 is 35.0 Å². The number of rotatable bonds is 7. The van der Waals surface area contributed by atoms with Gasteiger partial charge < -0.3 is 10.6 Å². The van der Waals surface area contributed by atoms with Crippen LogP contribution in [0.25, 0.3) is 0 Å². The molecule has 2 amide bonds. The SMILES string of the molecule is O=C(CCc1cccc(Cl)c1)NCC(=O)NCc1ccc(Cl)cc1. The molecule has 0 saturated carbocycles. The van der Waals surface area contributed by atoms with Crippen molar-refractivity contribution in [2.24, 2.45) is 0 Å². The van der Waals surface area contributed by atoms with Crippen LogP contribution in [0.1, 0.15) is 17.5 Å². The van der Waals surface area contributed by atoms with E-state index in [1.165, 1.54) is 0 Å². The van der Waals surface area contributed by atoms with Crippen LogP contribution in [-0.2, 0) is 22.6 Å². The summed E-state index contributed by atoms with van der Waals surface area (Å²) in [6, 6.07) is 14.6. The largest absolute Gasteiger partial charge is 0.350 e. The molecule has 0 atom stereocenters. The first kappa shape index (κ1) is 18.3. The second kappa shape index (κ2) is 9.30. The number of hydrogen-bond donors (Lipinski definition) is 2. The van der Waals surface area contributed by atoms with Crippen molar-refractivity contribution in [3.63, 3.8) is 0 Å². The smallest absolute Gasteiger partial charge is 0.239 e. The fraction of sp³-hybridized carbons (Fsp3) is 0.222. The summed E-state index contributed by atoms with van der Waals surface area (Å²) in [6.07, 6.45) is 0.892. The summed E-state index contributed by atoms with van der Waals surface area (Å²) in [7, 11) is 0. The molecule has 6 heteroatoms. The van der Waals surface area contributed by atoms with Gasteiger partial charge in [-0.15, -0.1) is 0 Å². The minimum absolute atomic E-state index is 0.0397. The molecule has 0 fully saturated rings. The van der Waals surface area contributed by atoms with E-state index in [4.69, 9.17) is 23.2 Å². The van der Waals surface area contributed by atoms with E-state index in [2.05, 4.69) is 10.6 Å². The van der Waals surface area contributed by atoms with Gasteiger partial charge in [0.15, 0.2) is 0 Å². The highest BCUT2D eigenvalue weighted by atomic mass is 35.5. The van der Waals surface area contributed by atoms with Crippen molar-refractivity contribution in [3.8, 4) is 0 Å². The third kappa shape index (κ3) is 6.60. The van der Waals surface area contributed by atoms with Crippen LogP contribution in [0.4, 0.5) is 0 Å². The minimum Gasteiger partial charge on any atom is -0.350 e. The van der Waals surface area contributed by atoms with Crippen LogP contribution in [0.15, 0.2) is 48.5 Å². The number of carbonyl (C=O) groups excluding carboxylic acids is 2. The first-order chi connectivity index (χ1) is 11.5. The predicted molar refractivity (Wildman–Crippen MR) is 96.1 cm³/mol. The summed E-state index contributed by atoms with van der Waals surface area (Å²) in [6.45, 7) is 0.357. The third-order valence-electron chi connectivity index (χ3n) is 3.38. The van der Waals surface area contributed by atoms with Gasteiger partial charge in [-0.05, 0) is 41.8 Å². The van der Waals surface area contributed by atoms with Gasteiger partial charge in [0.25, 0.3) is 0 Å². The molecule has 0 aromatic heterocycles. The molecule has 0 unspecified atom stereocenters. The normalized spacial score (nSPS) is 10.2. The Kier molecular flexibility index (Phi) is 7.09. The van der Waals surface area contributed by atoms with E-state index >= 15 is 0 Å². The second-order valence-corrected chi connectivity index (χ2v) is 6.18. The zero-order chi connectivity index (χ0) is 17.4. The Labute approximate surface area is 151 Å². The summed E-state index contributed by atoms with van der Waals surface area (Å²) in [4.78, 5) is 23.5. The summed E-state index contributed by atoms with van der Waals surface area (Å²) in [5.74, 6) is -0.405. The molecule has 2 aromatic rings. The van der Waals surface area contributed by atoms with Crippen LogP contribution >= 0.6 is 23.2 Å². The lowest BCUT2D eigenvalue weighted by Crippen LogP contribution is -2.36. The van der Waals surface area contributed by atoms with Gasteiger partial charge in [0.2, 0.25) is 11.8 Å². The molecule has 0 heterocycles. The van der Waals surface area contributed by atoms with E-state index in [0.29, 0.717) is 29.4 Å². The van der Waals surface area contributed by atoms with Crippen molar-refractivity contribution in [2.75, 3.05) is 6.54 Å². The molecule has 0 aliphatic rings. The molecule has 0 bridgehead atoms. The maximum Gasteiger partial charge on any atom is 0.239 e. The zero-order valence-corrected chi connectivity index (χ0v) is 14.5. The summed E-state index contributed by atoms with van der Waals surface area (Å²) >= 11 is 11.7. The highest BCUT2D eigenvalue weighted by Gasteiger charge is 2.06. The monoisotopic (exact) mass is 364 g/mol. The standard InChI is InChI=1S/C18H18Cl2N2O2/c19-15-7-4-14(5-8-15)11-21-18(24)12-22-17(23)9-6-13-2-1-3-16(20)10-13/h1-5,7-8,10H,6,9,11-12H2,(H,21,24)(H,22,23). The number of amides is 2. The Morgan fingerprint density at radius 2 is 1.58 bits per heavy atom. The maximum absolute atomic E-state index is 11.8. The van der Waals surface area contributed by atoms with Gasteiger partial charge in [-0.2, -0.15) is 0 Å². The van der Waals surface area contributed by atoms with Gasteiger partial charge in [0.05, 0.1) is 6.54 Å². The molecule has 24 heavy (non-hydrogen) atoms. The molecule has 0 radical (unpaired) electrons. The molecule has 4 nitrogen and oxygen atoms in total. The van der Waals surface area contributed by atoms with Crippen LogP contribution in [0.3, 0.4) is 0 Å². The number of hydrogen-bond acceptors (Lipinski definition) is 2. The lowest BCUT2D eigenvalue weighted by Gasteiger charge is -2.07. The molecule has 2 aromatic carbocycles. The number of halogens is 2. The van der Waals surface area contributed by atoms with Crippen LogP contribution in [0, 0.1) is 0 Å². The van der Waals surface area contributed by atoms with E-state index in [1.807, 2.05) is 30.3 Å². The zero-order valence-electron chi connectivity index (χ0n) is 13.0. The molecule has 0 aliphatic heterocycles. The van der Waals surface area contributed by atoms with Gasteiger partial charge in [0.1, 0.15) is 0 Å². The average molecular weight is 365 g/mol. The van der Waals surface area contributed by atoms with E-state index in [1.54, 1.807) is 18.2 Å². The molecule has 126 valence electrons. The van der Waals surface area contributed by atoms with Crippen molar-refractivity contribution in [1.82, 2.24) is 10.6 Å². The molecular formula is C18H18Cl2N2O2. The summed E-state index contributed by atoms with van der Waals surface area (Å²) < 4.78 is 0. The van der Waals surface area contributed by atoms with Crippen LogP contribution < -0.4 is 10.6 Å². The summed E-state index contributed by atoms with van der Waals surface area (Å²) in [5, 5.41) is 6.65. The van der Waals surface area contributed by atoms with Gasteiger partial charge in [0, 0.05) is 23.0 Å². The van der Waals surface area contributed by atoms with Crippen LogP contribution in [-0.4, -0.2) is 18.4 Å². The fourth-order valence-corrected chi connectivity index (χ4v) is 2.42. The van der Waals surface area contributed by atoms with E-state index < -0.39 is 0 Å². The van der Waals surface area contributed by atoms with Crippen molar-refractivity contribution in [1.29, 1.82) is 0 Å².